The van der Waals surface area contributed by atoms with E-state index in [1.165, 1.54) is 16.9 Å². The van der Waals surface area contributed by atoms with E-state index in [2.05, 4.69) is 52.4 Å². The molecule has 3 rings (SSSR count). The van der Waals surface area contributed by atoms with Gasteiger partial charge in [0.15, 0.2) is 11.7 Å². The van der Waals surface area contributed by atoms with Gasteiger partial charge in [-0.3, -0.25) is 10.2 Å². The van der Waals surface area contributed by atoms with Crippen LogP contribution in [0, 0.1) is 0 Å². The Kier molecular flexibility index (Phi) is 5.69. The molecule has 8 heteroatoms. The van der Waals surface area contributed by atoms with Crippen molar-refractivity contribution in [1.82, 2.24) is 4.98 Å². The number of hydrogen-bond acceptors (Lipinski definition) is 6. The highest BCUT2D eigenvalue weighted by molar-refractivity contribution is 9.10. The second-order valence-electron chi connectivity index (χ2n) is 7.08. The number of carbonyl (C=O) groups is 1. The SMILES string of the molecule is CC(C)(C)c1ccc(OCC(=O)Nc2cc(Br)c3nc(NN)sc3c2)cc1. The van der Waals surface area contributed by atoms with Crippen LogP contribution < -0.4 is 21.3 Å². The zero-order chi connectivity index (χ0) is 19.6. The predicted octanol–water partition coefficient (Wildman–Crippen LogP) is 4.66. The number of aromatic nitrogens is 1. The molecule has 1 heterocycles. The molecule has 0 saturated heterocycles. The van der Waals surface area contributed by atoms with E-state index in [1.54, 1.807) is 6.07 Å². The minimum Gasteiger partial charge on any atom is -0.484 e. The van der Waals surface area contributed by atoms with Gasteiger partial charge in [0, 0.05) is 10.2 Å². The summed E-state index contributed by atoms with van der Waals surface area (Å²) >= 11 is 4.88. The van der Waals surface area contributed by atoms with Crippen molar-refractivity contribution in [3.05, 3.63) is 46.4 Å². The molecule has 0 aliphatic carbocycles. The lowest BCUT2D eigenvalue weighted by Gasteiger charge is -2.19. The fourth-order valence-corrected chi connectivity index (χ4v) is 4.04. The van der Waals surface area contributed by atoms with E-state index in [0.717, 1.165) is 14.7 Å². The number of nitrogens with two attached hydrogens (primary N) is 1. The quantitative estimate of drug-likeness (QED) is 0.390. The molecular weight excluding hydrogens is 428 g/mol. The van der Waals surface area contributed by atoms with Crippen LogP contribution >= 0.6 is 27.3 Å². The molecule has 0 atom stereocenters. The van der Waals surface area contributed by atoms with E-state index in [1.807, 2.05) is 30.3 Å². The predicted molar refractivity (Wildman–Crippen MR) is 114 cm³/mol. The summed E-state index contributed by atoms with van der Waals surface area (Å²) in [4.78, 5) is 16.6. The Morgan fingerprint density at radius 2 is 1.96 bits per heavy atom. The first-order chi connectivity index (χ1) is 12.8. The fraction of sp³-hybridized carbons (Fsp3) is 0.263. The fourth-order valence-electron chi connectivity index (χ4n) is 2.52. The molecule has 1 amide bonds. The van der Waals surface area contributed by atoms with Gasteiger partial charge in [0.05, 0.1) is 10.2 Å². The summed E-state index contributed by atoms with van der Waals surface area (Å²) in [7, 11) is 0. The van der Waals surface area contributed by atoms with Crippen molar-refractivity contribution in [2.45, 2.75) is 26.2 Å². The maximum atomic E-state index is 12.2. The topological polar surface area (TPSA) is 89.3 Å². The van der Waals surface area contributed by atoms with Gasteiger partial charge in [-0.1, -0.05) is 44.2 Å². The summed E-state index contributed by atoms with van der Waals surface area (Å²) in [5.74, 6) is 5.84. The number of fused-ring (bicyclic) bond motifs is 1. The van der Waals surface area contributed by atoms with E-state index in [9.17, 15) is 4.79 Å². The largest absolute Gasteiger partial charge is 0.484 e. The molecule has 0 aliphatic rings. The maximum absolute atomic E-state index is 12.2. The number of rotatable bonds is 5. The molecule has 6 nitrogen and oxygen atoms in total. The third kappa shape index (κ3) is 4.77. The number of thiazole rings is 1. The van der Waals surface area contributed by atoms with Gasteiger partial charge in [0.2, 0.25) is 0 Å². The number of nitrogen functional groups attached to an aromatic ring is 1. The molecule has 0 saturated carbocycles. The second kappa shape index (κ2) is 7.84. The number of amides is 1. The number of halogens is 1. The highest BCUT2D eigenvalue weighted by atomic mass is 79.9. The normalized spacial score (nSPS) is 11.4. The number of nitrogens with one attached hydrogen (secondary N) is 2. The van der Waals surface area contributed by atoms with E-state index in [-0.39, 0.29) is 17.9 Å². The van der Waals surface area contributed by atoms with Crippen LogP contribution in [0.15, 0.2) is 40.9 Å². The Morgan fingerprint density at radius 1 is 1.26 bits per heavy atom. The van der Waals surface area contributed by atoms with Crippen molar-refractivity contribution in [2.24, 2.45) is 5.84 Å². The van der Waals surface area contributed by atoms with Crippen molar-refractivity contribution < 1.29 is 9.53 Å². The Hall–Kier alpha value is -2.16. The summed E-state index contributed by atoms with van der Waals surface area (Å²) in [6.45, 7) is 6.39. The van der Waals surface area contributed by atoms with Gasteiger partial charge >= 0.3 is 0 Å². The number of hydrogen-bond donors (Lipinski definition) is 3. The number of ether oxygens (including phenoxy) is 1. The standard InChI is InChI=1S/C19H21BrN4O2S/c1-19(2,3)11-4-6-13(7-5-11)26-10-16(25)22-12-8-14(20)17-15(9-12)27-18(23-17)24-21/h4-9H,10,21H2,1-3H3,(H,22,25)(H,23,24). The Balaban J connectivity index is 1.63. The van der Waals surface area contributed by atoms with Gasteiger partial charge in [-0.2, -0.15) is 0 Å². The van der Waals surface area contributed by atoms with Gasteiger partial charge in [0.25, 0.3) is 5.91 Å². The van der Waals surface area contributed by atoms with Crippen molar-refractivity contribution >= 4 is 54.2 Å². The van der Waals surface area contributed by atoms with Crippen molar-refractivity contribution in [2.75, 3.05) is 17.3 Å². The van der Waals surface area contributed by atoms with E-state index >= 15 is 0 Å². The minimum absolute atomic E-state index is 0.0667. The first-order valence-corrected chi connectivity index (χ1v) is 9.97. The molecule has 0 radical (unpaired) electrons. The molecule has 0 fully saturated rings. The molecular formula is C19H21BrN4O2S. The van der Waals surface area contributed by atoms with Gasteiger partial charge in [-0.25, -0.2) is 10.8 Å². The number of anilines is 2. The number of carbonyl (C=O) groups excluding carboxylic acids is 1. The van der Waals surface area contributed by atoms with Crippen LogP contribution in [-0.4, -0.2) is 17.5 Å². The first kappa shape index (κ1) is 19.6. The molecule has 2 aromatic carbocycles. The second-order valence-corrected chi connectivity index (χ2v) is 8.96. The summed E-state index contributed by atoms with van der Waals surface area (Å²) in [5.41, 5.74) is 5.29. The lowest BCUT2D eigenvalue weighted by Crippen LogP contribution is -2.20. The van der Waals surface area contributed by atoms with Crippen LogP contribution in [0.4, 0.5) is 10.8 Å². The van der Waals surface area contributed by atoms with Crippen LogP contribution in [0.5, 0.6) is 5.75 Å². The van der Waals surface area contributed by atoms with Crippen LogP contribution in [0.25, 0.3) is 10.2 Å². The molecule has 0 unspecified atom stereocenters. The highest BCUT2D eigenvalue weighted by Gasteiger charge is 2.14. The Labute approximate surface area is 170 Å². The molecule has 0 bridgehead atoms. The molecule has 0 aliphatic heterocycles. The summed E-state index contributed by atoms with van der Waals surface area (Å²) < 4.78 is 7.28. The van der Waals surface area contributed by atoms with Gasteiger partial charge in [-0.15, -0.1) is 0 Å². The summed E-state index contributed by atoms with van der Waals surface area (Å²) in [6, 6.07) is 11.5. The summed E-state index contributed by atoms with van der Waals surface area (Å²) in [5, 5.41) is 3.45. The Morgan fingerprint density at radius 3 is 2.59 bits per heavy atom. The Bertz CT molecular complexity index is 964. The third-order valence-electron chi connectivity index (χ3n) is 3.95. The van der Waals surface area contributed by atoms with E-state index < -0.39 is 0 Å². The van der Waals surface area contributed by atoms with Crippen LogP contribution in [-0.2, 0) is 10.2 Å². The van der Waals surface area contributed by atoms with Gasteiger partial charge in [0.1, 0.15) is 5.75 Å². The smallest absolute Gasteiger partial charge is 0.262 e. The van der Waals surface area contributed by atoms with E-state index in [4.69, 9.17) is 10.6 Å². The van der Waals surface area contributed by atoms with Crippen LogP contribution in [0.1, 0.15) is 26.3 Å². The van der Waals surface area contributed by atoms with Crippen molar-refractivity contribution in [3.63, 3.8) is 0 Å². The third-order valence-corrected chi connectivity index (χ3v) is 5.48. The zero-order valence-electron chi connectivity index (χ0n) is 15.3. The monoisotopic (exact) mass is 448 g/mol. The van der Waals surface area contributed by atoms with Gasteiger partial charge in [-0.05, 0) is 51.2 Å². The molecule has 4 N–H and O–H groups in total. The highest BCUT2D eigenvalue weighted by Crippen LogP contribution is 2.33. The maximum Gasteiger partial charge on any atom is 0.262 e. The first-order valence-electron chi connectivity index (χ1n) is 8.36. The van der Waals surface area contributed by atoms with Crippen molar-refractivity contribution in [3.8, 4) is 5.75 Å². The van der Waals surface area contributed by atoms with Crippen LogP contribution in [0.2, 0.25) is 0 Å². The molecule has 27 heavy (non-hydrogen) atoms. The minimum atomic E-state index is -0.233. The number of nitrogens with zero attached hydrogens (tertiary/aromatic N) is 1. The lowest BCUT2D eigenvalue weighted by atomic mass is 9.87. The average molecular weight is 449 g/mol. The zero-order valence-corrected chi connectivity index (χ0v) is 17.7. The van der Waals surface area contributed by atoms with E-state index in [0.29, 0.717) is 16.6 Å². The van der Waals surface area contributed by atoms with Crippen molar-refractivity contribution in [1.29, 1.82) is 0 Å². The number of benzene rings is 2. The van der Waals surface area contributed by atoms with Crippen LogP contribution in [0.3, 0.4) is 0 Å². The lowest BCUT2D eigenvalue weighted by molar-refractivity contribution is -0.118. The molecule has 3 aromatic rings. The summed E-state index contributed by atoms with van der Waals surface area (Å²) in [6.07, 6.45) is 0. The molecule has 0 spiro atoms. The molecule has 142 valence electrons. The van der Waals surface area contributed by atoms with Gasteiger partial charge < -0.3 is 10.1 Å². The molecule has 1 aromatic heterocycles. The average Bonchev–Trinajstić information content (AvgIpc) is 3.03. The number of hydrazine groups is 1.